The molecular weight excluding hydrogens is 246 g/mol. The highest BCUT2D eigenvalue weighted by atomic mass is 16.5. The van der Waals surface area contributed by atoms with Crippen molar-refractivity contribution in [2.24, 2.45) is 0 Å². The molecule has 0 amide bonds. The maximum atomic E-state index is 10.8. The molecule has 0 saturated carbocycles. The number of aliphatic carboxylic acids is 2. The molecule has 3 N–H and O–H groups in total. The molecule has 0 aliphatic rings. The molecule has 0 atom stereocenters. The van der Waals surface area contributed by atoms with Crippen molar-refractivity contribution in [1.82, 2.24) is 0 Å². The predicted molar refractivity (Wildman–Crippen MR) is 54.4 cm³/mol. The number of nitrogens with zero attached hydrogens (tertiary/aromatic N) is 1. The topological polar surface area (TPSA) is 125 Å². The molecule has 0 fully saturated rings. The lowest BCUT2D eigenvalue weighted by atomic mass is 10.2. The predicted octanol–water partition coefficient (Wildman–Crippen LogP) is -0.780. The fraction of sp³-hybridized carbons (Fsp3) is 0.200. The minimum absolute atomic E-state index is 0.0291. The van der Waals surface area contributed by atoms with Crippen LogP contribution >= 0.6 is 0 Å². The molecule has 0 radical (unpaired) electrons. The number of aromatic carboxylic acids is 1. The van der Waals surface area contributed by atoms with E-state index in [0.717, 1.165) is 16.8 Å². The van der Waals surface area contributed by atoms with Crippen molar-refractivity contribution in [2.45, 2.75) is 6.54 Å². The summed E-state index contributed by atoms with van der Waals surface area (Å²) in [6.07, 6.45) is 2.33. The Bertz CT molecular complexity index is 497. The third-order valence-corrected chi connectivity index (χ3v) is 1.82. The minimum Gasteiger partial charge on any atom is -0.479 e. The standard InChI is InChI=1S/C10H9NO7/c12-8(13)4-11-2-6(10(16)17)1-7(3-11)18-5-9(14)15/h1-3H,4-5H2,(H2-,12,13,14,15,16,17)/p+1. The van der Waals surface area contributed by atoms with Gasteiger partial charge in [0.25, 0.3) is 0 Å². The van der Waals surface area contributed by atoms with Gasteiger partial charge in [0.2, 0.25) is 12.7 Å². The molecule has 0 aliphatic heterocycles. The van der Waals surface area contributed by atoms with Crippen LogP contribution in [-0.4, -0.2) is 39.8 Å². The SMILES string of the molecule is O=C(O)COc1cc(C(=O)O)c[n+](CC(=O)O)c1. The number of carboxylic acids is 3. The fourth-order valence-electron chi connectivity index (χ4n) is 1.20. The molecule has 0 unspecified atom stereocenters. The largest absolute Gasteiger partial charge is 0.479 e. The Kier molecular flexibility index (Phi) is 4.19. The van der Waals surface area contributed by atoms with Crippen LogP contribution in [0.5, 0.6) is 5.75 Å². The first kappa shape index (κ1) is 13.4. The van der Waals surface area contributed by atoms with Gasteiger partial charge in [-0.25, -0.2) is 14.4 Å². The van der Waals surface area contributed by atoms with E-state index in [-0.39, 0.29) is 11.3 Å². The molecule has 1 rings (SSSR count). The smallest absolute Gasteiger partial charge is 0.370 e. The van der Waals surface area contributed by atoms with Crippen LogP contribution in [-0.2, 0) is 16.1 Å². The van der Waals surface area contributed by atoms with E-state index in [1.165, 1.54) is 6.20 Å². The zero-order valence-electron chi connectivity index (χ0n) is 9.07. The van der Waals surface area contributed by atoms with Gasteiger partial charge in [0.1, 0.15) is 5.56 Å². The maximum Gasteiger partial charge on any atom is 0.370 e. The van der Waals surface area contributed by atoms with Gasteiger partial charge in [0.15, 0.2) is 18.6 Å². The molecule has 0 aromatic carbocycles. The second-order valence-corrected chi connectivity index (χ2v) is 3.31. The van der Waals surface area contributed by atoms with Crippen molar-refractivity contribution < 1.29 is 39.0 Å². The highest BCUT2D eigenvalue weighted by Gasteiger charge is 2.16. The Hall–Kier alpha value is -2.64. The summed E-state index contributed by atoms with van der Waals surface area (Å²) in [5.41, 5.74) is -0.195. The molecule has 18 heavy (non-hydrogen) atoms. The van der Waals surface area contributed by atoms with E-state index >= 15 is 0 Å². The Balaban J connectivity index is 3.01. The second-order valence-electron chi connectivity index (χ2n) is 3.31. The second kappa shape index (κ2) is 5.62. The van der Waals surface area contributed by atoms with Gasteiger partial charge in [0.05, 0.1) is 0 Å². The van der Waals surface area contributed by atoms with Gasteiger partial charge in [-0.3, -0.25) is 0 Å². The Labute approximate surface area is 101 Å². The summed E-state index contributed by atoms with van der Waals surface area (Å²) in [7, 11) is 0. The van der Waals surface area contributed by atoms with Crippen LogP contribution < -0.4 is 9.30 Å². The number of ether oxygens (including phenoxy) is 1. The van der Waals surface area contributed by atoms with Gasteiger partial charge in [0, 0.05) is 6.07 Å². The van der Waals surface area contributed by atoms with E-state index in [9.17, 15) is 14.4 Å². The number of carboxylic acid groups (broad SMARTS) is 3. The average Bonchev–Trinajstić information content (AvgIpc) is 2.25. The van der Waals surface area contributed by atoms with Gasteiger partial charge in [-0.2, -0.15) is 4.57 Å². The van der Waals surface area contributed by atoms with E-state index in [4.69, 9.17) is 20.1 Å². The average molecular weight is 256 g/mol. The molecule has 8 nitrogen and oxygen atoms in total. The van der Waals surface area contributed by atoms with Crippen LogP contribution in [0.25, 0.3) is 0 Å². The zero-order chi connectivity index (χ0) is 13.7. The third-order valence-electron chi connectivity index (χ3n) is 1.82. The molecule has 0 bridgehead atoms. The first-order chi connectivity index (χ1) is 8.38. The maximum absolute atomic E-state index is 10.8. The van der Waals surface area contributed by atoms with Crippen LogP contribution in [0.4, 0.5) is 0 Å². The Morgan fingerprint density at radius 3 is 2.28 bits per heavy atom. The van der Waals surface area contributed by atoms with E-state index in [1.54, 1.807) is 0 Å². The van der Waals surface area contributed by atoms with Crippen LogP contribution in [0.2, 0.25) is 0 Å². The molecule has 0 aliphatic carbocycles. The molecule has 1 aromatic rings. The number of carbonyl (C=O) groups is 3. The van der Waals surface area contributed by atoms with E-state index in [0.29, 0.717) is 0 Å². The number of aromatic nitrogens is 1. The number of hydrogen-bond donors (Lipinski definition) is 3. The lowest BCUT2D eigenvalue weighted by molar-refractivity contribution is -0.686. The molecule has 1 heterocycles. The van der Waals surface area contributed by atoms with Gasteiger partial charge in [-0.05, 0) is 0 Å². The number of pyridine rings is 1. The Morgan fingerprint density at radius 1 is 1.11 bits per heavy atom. The lowest BCUT2D eigenvalue weighted by Gasteiger charge is -2.03. The summed E-state index contributed by atoms with van der Waals surface area (Å²) in [5, 5.41) is 25.8. The molecule has 0 saturated heterocycles. The highest BCUT2D eigenvalue weighted by Crippen LogP contribution is 2.10. The number of rotatable bonds is 6. The quantitative estimate of drug-likeness (QED) is 0.570. The summed E-state index contributed by atoms with van der Waals surface area (Å²) in [4.78, 5) is 31.6. The van der Waals surface area contributed by atoms with E-state index < -0.39 is 31.1 Å². The third kappa shape index (κ3) is 4.08. The van der Waals surface area contributed by atoms with Crippen molar-refractivity contribution in [1.29, 1.82) is 0 Å². The van der Waals surface area contributed by atoms with Crippen molar-refractivity contribution in [3.8, 4) is 5.75 Å². The van der Waals surface area contributed by atoms with Crippen LogP contribution in [0.15, 0.2) is 18.5 Å². The van der Waals surface area contributed by atoms with Crippen LogP contribution in [0.3, 0.4) is 0 Å². The lowest BCUT2D eigenvalue weighted by Crippen LogP contribution is -2.38. The zero-order valence-corrected chi connectivity index (χ0v) is 9.07. The highest BCUT2D eigenvalue weighted by molar-refractivity contribution is 5.87. The summed E-state index contributed by atoms with van der Waals surface area (Å²) in [6.45, 7) is -1.10. The molecular formula is C10H10NO7+. The number of hydrogen-bond acceptors (Lipinski definition) is 4. The summed E-state index contributed by atoms with van der Waals surface area (Å²) >= 11 is 0. The molecule has 8 heteroatoms. The summed E-state index contributed by atoms with van der Waals surface area (Å²) in [6, 6.07) is 1.11. The van der Waals surface area contributed by atoms with Crippen molar-refractivity contribution in [3.05, 3.63) is 24.0 Å². The van der Waals surface area contributed by atoms with Crippen LogP contribution in [0, 0.1) is 0 Å². The summed E-state index contributed by atoms with van der Waals surface area (Å²) < 4.78 is 5.89. The van der Waals surface area contributed by atoms with Crippen molar-refractivity contribution in [3.63, 3.8) is 0 Å². The van der Waals surface area contributed by atoms with Gasteiger partial charge < -0.3 is 20.1 Å². The molecule has 1 aromatic heterocycles. The minimum atomic E-state index is -1.27. The Morgan fingerprint density at radius 2 is 1.78 bits per heavy atom. The van der Waals surface area contributed by atoms with E-state index in [1.807, 2.05) is 0 Å². The monoisotopic (exact) mass is 256 g/mol. The normalized spacial score (nSPS) is 9.78. The van der Waals surface area contributed by atoms with Gasteiger partial charge in [-0.15, -0.1) is 0 Å². The fourth-order valence-corrected chi connectivity index (χ4v) is 1.20. The van der Waals surface area contributed by atoms with Crippen molar-refractivity contribution in [2.75, 3.05) is 6.61 Å². The first-order valence-electron chi connectivity index (χ1n) is 4.72. The molecule has 96 valence electrons. The van der Waals surface area contributed by atoms with Crippen LogP contribution in [0.1, 0.15) is 10.4 Å². The van der Waals surface area contributed by atoms with Gasteiger partial charge >= 0.3 is 17.9 Å². The van der Waals surface area contributed by atoms with E-state index in [2.05, 4.69) is 0 Å². The molecule has 0 spiro atoms. The van der Waals surface area contributed by atoms with Crippen molar-refractivity contribution >= 4 is 17.9 Å². The van der Waals surface area contributed by atoms with Gasteiger partial charge in [-0.1, -0.05) is 0 Å². The first-order valence-corrected chi connectivity index (χ1v) is 4.72. The summed E-state index contributed by atoms with van der Waals surface area (Å²) in [5.74, 6) is -3.68.